The highest BCUT2D eigenvalue weighted by Crippen LogP contribution is 2.23. The summed E-state index contributed by atoms with van der Waals surface area (Å²) in [5.41, 5.74) is 7.31. The first-order valence-corrected chi connectivity index (χ1v) is 6.85. The zero-order valence-corrected chi connectivity index (χ0v) is 12.7. The Kier molecular flexibility index (Phi) is 5.39. The molecule has 0 spiro atoms. The third-order valence-electron chi connectivity index (χ3n) is 2.90. The first-order chi connectivity index (χ1) is 9.19. The summed E-state index contributed by atoms with van der Waals surface area (Å²) in [6, 6.07) is 5.37. The Morgan fingerprint density at radius 1 is 1.40 bits per heavy atom. The second-order valence-electron chi connectivity index (χ2n) is 5.94. The Balaban J connectivity index is 2.62. The highest BCUT2D eigenvalue weighted by Gasteiger charge is 2.12. The number of nitrogen functional groups attached to an aromatic ring is 1. The number of carbonyl (C=O) groups excluding carboxylic acids is 1. The fourth-order valence-electron chi connectivity index (χ4n) is 1.59. The monoisotopic (exact) mass is 279 g/mol. The maximum absolute atomic E-state index is 11.6. The molecule has 0 saturated carbocycles. The Morgan fingerprint density at radius 2 is 2.05 bits per heavy atom. The van der Waals surface area contributed by atoms with E-state index in [0.717, 1.165) is 5.69 Å². The molecule has 0 radical (unpaired) electrons. The lowest BCUT2D eigenvalue weighted by molar-refractivity contribution is -0.118. The van der Waals surface area contributed by atoms with Crippen LogP contribution in [0.4, 0.5) is 17.1 Å². The van der Waals surface area contributed by atoms with Gasteiger partial charge in [0, 0.05) is 18.2 Å². The number of hydrogen-bond donors (Lipinski definition) is 4. The molecule has 5 N–H and O–H groups in total. The van der Waals surface area contributed by atoms with Crippen LogP contribution in [0.1, 0.15) is 34.1 Å². The van der Waals surface area contributed by atoms with Crippen LogP contribution in [0.15, 0.2) is 18.2 Å². The van der Waals surface area contributed by atoms with Gasteiger partial charge in [-0.3, -0.25) is 4.79 Å². The summed E-state index contributed by atoms with van der Waals surface area (Å²) in [5.74, 6) is -0.104. The summed E-state index contributed by atoms with van der Waals surface area (Å²) in [6.45, 7) is 7.84. The first-order valence-electron chi connectivity index (χ1n) is 6.85. The molecule has 0 aliphatic carbocycles. The van der Waals surface area contributed by atoms with Crippen LogP contribution in [0.2, 0.25) is 0 Å². The van der Waals surface area contributed by atoms with Crippen molar-refractivity contribution in [1.29, 1.82) is 0 Å². The smallest absolute Gasteiger partial charge is 0.226 e. The van der Waals surface area contributed by atoms with Gasteiger partial charge in [-0.1, -0.05) is 13.8 Å². The van der Waals surface area contributed by atoms with Crippen molar-refractivity contribution in [3.8, 4) is 0 Å². The van der Waals surface area contributed by atoms with Crippen LogP contribution in [0.5, 0.6) is 0 Å². The number of aliphatic hydroxyl groups is 1. The average Bonchev–Trinajstić information content (AvgIpc) is 2.30. The number of nitrogens with one attached hydrogen (secondary N) is 2. The molecule has 0 aromatic heterocycles. The van der Waals surface area contributed by atoms with Crippen LogP contribution in [0.25, 0.3) is 0 Å². The molecule has 0 bridgehead atoms. The number of amides is 1. The number of anilines is 3. The molecule has 0 heterocycles. The fraction of sp³-hybridized carbons (Fsp3) is 0.533. The number of benzene rings is 1. The fourth-order valence-corrected chi connectivity index (χ4v) is 1.59. The van der Waals surface area contributed by atoms with Gasteiger partial charge in [0.1, 0.15) is 0 Å². The molecule has 1 aromatic rings. The number of hydrogen-bond acceptors (Lipinski definition) is 4. The lowest BCUT2D eigenvalue weighted by Gasteiger charge is -2.18. The van der Waals surface area contributed by atoms with Crippen molar-refractivity contribution in [2.45, 2.75) is 39.7 Å². The molecule has 20 heavy (non-hydrogen) atoms. The largest absolute Gasteiger partial charge is 0.397 e. The molecular weight excluding hydrogens is 254 g/mol. The van der Waals surface area contributed by atoms with E-state index in [1.807, 2.05) is 26.0 Å². The average molecular weight is 279 g/mol. The third kappa shape index (κ3) is 5.48. The zero-order chi connectivity index (χ0) is 15.3. The van der Waals surface area contributed by atoms with Gasteiger partial charge in [0.25, 0.3) is 0 Å². The van der Waals surface area contributed by atoms with E-state index in [1.54, 1.807) is 19.9 Å². The van der Waals surface area contributed by atoms with Crippen molar-refractivity contribution in [3.63, 3.8) is 0 Å². The Hall–Kier alpha value is -1.75. The summed E-state index contributed by atoms with van der Waals surface area (Å²) in [4.78, 5) is 11.6. The van der Waals surface area contributed by atoms with Gasteiger partial charge in [0.05, 0.1) is 17.0 Å². The first kappa shape index (κ1) is 16.3. The van der Waals surface area contributed by atoms with E-state index >= 15 is 0 Å². The SMILES string of the molecule is CC(C)C(=O)Nc1ccc(NCCC(C)(C)O)c(N)c1. The van der Waals surface area contributed by atoms with Gasteiger partial charge < -0.3 is 21.5 Å². The van der Waals surface area contributed by atoms with E-state index in [9.17, 15) is 9.90 Å². The van der Waals surface area contributed by atoms with Crippen molar-refractivity contribution in [2.75, 3.05) is 22.9 Å². The lowest BCUT2D eigenvalue weighted by Crippen LogP contribution is -2.23. The lowest BCUT2D eigenvalue weighted by atomic mass is 10.1. The van der Waals surface area contributed by atoms with Crippen LogP contribution in [0.3, 0.4) is 0 Å². The molecule has 1 amide bonds. The van der Waals surface area contributed by atoms with E-state index in [2.05, 4.69) is 10.6 Å². The Morgan fingerprint density at radius 3 is 2.55 bits per heavy atom. The molecule has 5 heteroatoms. The Bertz CT molecular complexity index is 465. The molecule has 0 aliphatic rings. The van der Waals surface area contributed by atoms with Crippen molar-refractivity contribution in [3.05, 3.63) is 18.2 Å². The minimum absolute atomic E-state index is 0.0351. The maximum atomic E-state index is 11.6. The van der Waals surface area contributed by atoms with E-state index in [4.69, 9.17) is 5.73 Å². The standard InChI is InChI=1S/C15H25N3O2/c1-10(2)14(19)18-11-5-6-13(12(16)9-11)17-8-7-15(3,4)20/h5-6,9-10,17,20H,7-8,16H2,1-4H3,(H,18,19). The van der Waals surface area contributed by atoms with Gasteiger partial charge in [0.15, 0.2) is 0 Å². The second-order valence-corrected chi connectivity index (χ2v) is 5.94. The molecule has 0 atom stereocenters. The Labute approximate surface area is 120 Å². The van der Waals surface area contributed by atoms with Crippen LogP contribution in [-0.4, -0.2) is 23.2 Å². The van der Waals surface area contributed by atoms with E-state index in [1.165, 1.54) is 0 Å². The molecule has 112 valence electrons. The normalized spacial score (nSPS) is 11.5. The second kappa shape index (κ2) is 6.61. The van der Waals surface area contributed by atoms with Crippen LogP contribution in [-0.2, 0) is 4.79 Å². The summed E-state index contributed by atoms with van der Waals surface area (Å²) < 4.78 is 0. The highest BCUT2D eigenvalue weighted by atomic mass is 16.3. The molecule has 1 rings (SSSR count). The number of nitrogens with two attached hydrogens (primary N) is 1. The minimum Gasteiger partial charge on any atom is -0.397 e. The third-order valence-corrected chi connectivity index (χ3v) is 2.90. The van der Waals surface area contributed by atoms with Gasteiger partial charge in [0.2, 0.25) is 5.91 Å². The molecular formula is C15H25N3O2. The van der Waals surface area contributed by atoms with Crippen LogP contribution in [0, 0.1) is 5.92 Å². The molecule has 0 fully saturated rings. The predicted octanol–water partition coefficient (Wildman–Crippen LogP) is 2.44. The maximum Gasteiger partial charge on any atom is 0.226 e. The van der Waals surface area contributed by atoms with Crippen molar-refractivity contribution in [2.24, 2.45) is 5.92 Å². The number of carbonyl (C=O) groups is 1. The van der Waals surface area contributed by atoms with E-state index in [0.29, 0.717) is 24.3 Å². The number of rotatable bonds is 6. The van der Waals surface area contributed by atoms with Gasteiger partial charge in [-0.05, 0) is 38.5 Å². The van der Waals surface area contributed by atoms with Crippen LogP contribution < -0.4 is 16.4 Å². The van der Waals surface area contributed by atoms with E-state index < -0.39 is 5.60 Å². The van der Waals surface area contributed by atoms with Gasteiger partial charge in [-0.2, -0.15) is 0 Å². The molecule has 1 aromatic carbocycles. The van der Waals surface area contributed by atoms with Gasteiger partial charge >= 0.3 is 0 Å². The summed E-state index contributed by atoms with van der Waals surface area (Å²) in [7, 11) is 0. The molecule has 0 unspecified atom stereocenters. The topological polar surface area (TPSA) is 87.4 Å². The van der Waals surface area contributed by atoms with Gasteiger partial charge in [-0.15, -0.1) is 0 Å². The van der Waals surface area contributed by atoms with E-state index in [-0.39, 0.29) is 11.8 Å². The predicted molar refractivity (Wildman–Crippen MR) is 83.7 cm³/mol. The minimum atomic E-state index is -0.701. The summed E-state index contributed by atoms with van der Waals surface area (Å²) in [5, 5.41) is 15.6. The molecule has 0 saturated heterocycles. The zero-order valence-electron chi connectivity index (χ0n) is 12.7. The van der Waals surface area contributed by atoms with Crippen molar-refractivity contribution in [1.82, 2.24) is 0 Å². The summed E-state index contributed by atoms with van der Waals surface area (Å²) >= 11 is 0. The quantitative estimate of drug-likeness (QED) is 0.602. The van der Waals surface area contributed by atoms with Crippen molar-refractivity contribution >= 4 is 23.0 Å². The van der Waals surface area contributed by atoms with Gasteiger partial charge in [-0.25, -0.2) is 0 Å². The highest BCUT2D eigenvalue weighted by molar-refractivity contribution is 5.93. The summed E-state index contributed by atoms with van der Waals surface area (Å²) in [6.07, 6.45) is 0.623. The molecule has 0 aliphatic heterocycles. The molecule has 5 nitrogen and oxygen atoms in total. The van der Waals surface area contributed by atoms with Crippen LogP contribution >= 0.6 is 0 Å². The van der Waals surface area contributed by atoms with Crippen molar-refractivity contribution < 1.29 is 9.90 Å².